The SMILES string of the molecule is CCn1cc(NC(=O)C(=O)NC2CCc3ccccc3C2)ccc1=O. The van der Waals surface area contributed by atoms with E-state index in [1.165, 1.54) is 34.0 Å². The van der Waals surface area contributed by atoms with Gasteiger partial charge in [-0.25, -0.2) is 0 Å². The summed E-state index contributed by atoms with van der Waals surface area (Å²) >= 11 is 0. The summed E-state index contributed by atoms with van der Waals surface area (Å²) in [5, 5.41) is 5.34. The van der Waals surface area contributed by atoms with Crippen LogP contribution in [0.15, 0.2) is 47.4 Å². The maximum absolute atomic E-state index is 12.2. The van der Waals surface area contributed by atoms with Gasteiger partial charge in [-0.3, -0.25) is 14.4 Å². The maximum Gasteiger partial charge on any atom is 0.313 e. The number of hydrogen-bond acceptors (Lipinski definition) is 3. The van der Waals surface area contributed by atoms with Crippen LogP contribution >= 0.6 is 0 Å². The molecule has 1 aliphatic carbocycles. The molecule has 0 aliphatic heterocycles. The van der Waals surface area contributed by atoms with Crippen molar-refractivity contribution in [3.8, 4) is 0 Å². The molecule has 1 atom stereocenters. The summed E-state index contributed by atoms with van der Waals surface area (Å²) in [7, 11) is 0. The summed E-state index contributed by atoms with van der Waals surface area (Å²) in [5.74, 6) is -1.38. The van der Waals surface area contributed by atoms with Gasteiger partial charge in [0.05, 0.1) is 5.69 Å². The normalized spacial score (nSPS) is 16.0. The Balaban J connectivity index is 1.60. The van der Waals surface area contributed by atoms with Crippen molar-refractivity contribution in [2.24, 2.45) is 0 Å². The van der Waals surface area contributed by atoms with Gasteiger partial charge in [0.15, 0.2) is 0 Å². The number of pyridine rings is 1. The Hall–Kier alpha value is -2.89. The molecule has 0 fully saturated rings. The quantitative estimate of drug-likeness (QED) is 0.831. The fraction of sp³-hybridized carbons (Fsp3) is 0.316. The van der Waals surface area contributed by atoms with E-state index < -0.39 is 11.8 Å². The molecule has 1 aromatic heterocycles. The van der Waals surface area contributed by atoms with Gasteiger partial charge in [-0.2, -0.15) is 0 Å². The molecule has 1 unspecified atom stereocenters. The smallest absolute Gasteiger partial charge is 0.313 e. The Labute approximate surface area is 145 Å². The first-order valence-electron chi connectivity index (χ1n) is 8.46. The van der Waals surface area contributed by atoms with Crippen LogP contribution in [-0.4, -0.2) is 22.4 Å². The monoisotopic (exact) mass is 339 g/mol. The van der Waals surface area contributed by atoms with Crippen LogP contribution in [-0.2, 0) is 29.0 Å². The van der Waals surface area contributed by atoms with Crippen molar-refractivity contribution in [3.05, 3.63) is 64.1 Å². The molecule has 1 heterocycles. The highest BCUT2D eigenvalue weighted by molar-refractivity contribution is 6.39. The highest BCUT2D eigenvalue weighted by atomic mass is 16.2. The minimum Gasteiger partial charge on any atom is -0.345 e. The van der Waals surface area contributed by atoms with Crippen LogP contribution in [0.4, 0.5) is 5.69 Å². The second-order valence-electron chi connectivity index (χ2n) is 6.18. The third kappa shape index (κ3) is 3.96. The Morgan fingerprint density at radius 1 is 1.12 bits per heavy atom. The van der Waals surface area contributed by atoms with E-state index in [1.807, 2.05) is 19.1 Å². The van der Waals surface area contributed by atoms with Gasteiger partial charge in [-0.1, -0.05) is 24.3 Å². The number of nitrogens with zero attached hydrogens (tertiary/aromatic N) is 1. The first-order valence-corrected chi connectivity index (χ1v) is 8.46. The molecule has 0 radical (unpaired) electrons. The molecule has 2 amide bonds. The molecule has 3 rings (SSSR count). The van der Waals surface area contributed by atoms with E-state index in [0.717, 1.165) is 19.3 Å². The number of aryl methyl sites for hydroxylation is 2. The molecule has 0 bridgehead atoms. The Morgan fingerprint density at radius 3 is 2.64 bits per heavy atom. The number of aromatic nitrogens is 1. The van der Waals surface area contributed by atoms with Gasteiger partial charge in [0.25, 0.3) is 5.56 Å². The predicted octanol–water partition coefficient (Wildman–Crippen LogP) is 1.48. The largest absolute Gasteiger partial charge is 0.345 e. The van der Waals surface area contributed by atoms with E-state index in [0.29, 0.717) is 12.2 Å². The molecule has 1 aliphatic rings. The van der Waals surface area contributed by atoms with Crippen molar-refractivity contribution < 1.29 is 9.59 Å². The lowest BCUT2D eigenvalue weighted by Crippen LogP contribution is -2.44. The van der Waals surface area contributed by atoms with Gasteiger partial charge in [0.1, 0.15) is 0 Å². The lowest BCUT2D eigenvalue weighted by atomic mass is 9.88. The number of benzene rings is 1. The van der Waals surface area contributed by atoms with Crippen molar-refractivity contribution in [1.29, 1.82) is 0 Å². The van der Waals surface area contributed by atoms with Crippen LogP contribution in [0.5, 0.6) is 0 Å². The standard InChI is InChI=1S/C19H21N3O3/c1-2-22-12-16(9-10-17(22)23)21-19(25)18(24)20-15-8-7-13-5-3-4-6-14(13)11-15/h3-6,9-10,12,15H,2,7-8,11H2,1H3,(H,20,24)(H,21,25). The van der Waals surface area contributed by atoms with E-state index in [-0.39, 0.29) is 11.6 Å². The maximum atomic E-state index is 12.2. The minimum absolute atomic E-state index is 0.0438. The van der Waals surface area contributed by atoms with Gasteiger partial charge >= 0.3 is 11.8 Å². The Bertz CT molecular complexity index is 857. The number of amides is 2. The van der Waals surface area contributed by atoms with Gasteiger partial charge < -0.3 is 15.2 Å². The molecule has 2 N–H and O–H groups in total. The zero-order valence-corrected chi connectivity index (χ0v) is 14.1. The van der Waals surface area contributed by atoms with E-state index >= 15 is 0 Å². The topological polar surface area (TPSA) is 80.2 Å². The lowest BCUT2D eigenvalue weighted by Gasteiger charge is -2.25. The van der Waals surface area contributed by atoms with Gasteiger partial charge in [0, 0.05) is 24.8 Å². The summed E-state index contributed by atoms with van der Waals surface area (Å²) in [5.41, 5.74) is 2.80. The lowest BCUT2D eigenvalue weighted by molar-refractivity contribution is -0.136. The number of carbonyl (C=O) groups is 2. The number of nitrogens with one attached hydrogen (secondary N) is 2. The molecule has 0 saturated heterocycles. The van der Waals surface area contributed by atoms with Gasteiger partial charge in [0.2, 0.25) is 0 Å². The summed E-state index contributed by atoms with van der Waals surface area (Å²) in [4.78, 5) is 35.8. The van der Waals surface area contributed by atoms with E-state index in [4.69, 9.17) is 0 Å². The first kappa shape index (κ1) is 17.0. The third-order valence-corrected chi connectivity index (χ3v) is 4.47. The van der Waals surface area contributed by atoms with Crippen LogP contribution in [0, 0.1) is 0 Å². The van der Waals surface area contributed by atoms with Crippen molar-refractivity contribution in [1.82, 2.24) is 9.88 Å². The molecule has 1 aromatic carbocycles. The van der Waals surface area contributed by atoms with Crippen LogP contribution in [0.25, 0.3) is 0 Å². The average molecular weight is 339 g/mol. The van der Waals surface area contributed by atoms with Crippen molar-refractivity contribution in [2.45, 2.75) is 38.8 Å². The Kier molecular flexibility index (Phi) is 4.97. The van der Waals surface area contributed by atoms with Crippen LogP contribution in [0.1, 0.15) is 24.5 Å². The van der Waals surface area contributed by atoms with Crippen LogP contribution in [0.3, 0.4) is 0 Å². The molecule has 6 heteroatoms. The average Bonchev–Trinajstić information content (AvgIpc) is 2.63. The Morgan fingerprint density at radius 2 is 1.88 bits per heavy atom. The molecular weight excluding hydrogens is 318 g/mol. The number of anilines is 1. The summed E-state index contributed by atoms with van der Waals surface area (Å²) in [6, 6.07) is 11.0. The molecule has 0 spiro atoms. The van der Waals surface area contributed by atoms with E-state index in [1.54, 1.807) is 0 Å². The predicted molar refractivity (Wildman–Crippen MR) is 95.4 cm³/mol. The second-order valence-corrected chi connectivity index (χ2v) is 6.18. The molecule has 6 nitrogen and oxygen atoms in total. The molecule has 130 valence electrons. The number of fused-ring (bicyclic) bond motifs is 1. The zero-order valence-electron chi connectivity index (χ0n) is 14.1. The highest BCUT2D eigenvalue weighted by Crippen LogP contribution is 2.20. The van der Waals surface area contributed by atoms with Crippen molar-refractivity contribution >= 4 is 17.5 Å². The second kappa shape index (κ2) is 7.34. The van der Waals surface area contributed by atoms with Crippen molar-refractivity contribution in [3.63, 3.8) is 0 Å². The van der Waals surface area contributed by atoms with E-state index in [2.05, 4.69) is 22.8 Å². The van der Waals surface area contributed by atoms with Gasteiger partial charge in [-0.05, 0) is 43.4 Å². The van der Waals surface area contributed by atoms with Crippen molar-refractivity contribution in [2.75, 3.05) is 5.32 Å². The molecular formula is C19H21N3O3. The zero-order chi connectivity index (χ0) is 17.8. The molecule has 25 heavy (non-hydrogen) atoms. The number of rotatable bonds is 3. The number of carbonyl (C=O) groups excluding carboxylic acids is 2. The van der Waals surface area contributed by atoms with Gasteiger partial charge in [-0.15, -0.1) is 0 Å². The summed E-state index contributed by atoms with van der Waals surface area (Å²) in [6.45, 7) is 2.33. The fourth-order valence-corrected chi connectivity index (χ4v) is 3.11. The van der Waals surface area contributed by atoms with E-state index in [9.17, 15) is 14.4 Å². The third-order valence-electron chi connectivity index (χ3n) is 4.47. The summed E-state index contributed by atoms with van der Waals surface area (Å²) in [6.07, 6.45) is 3.97. The summed E-state index contributed by atoms with van der Waals surface area (Å²) < 4.78 is 1.46. The fourth-order valence-electron chi connectivity index (χ4n) is 3.11. The molecule has 0 saturated carbocycles. The highest BCUT2D eigenvalue weighted by Gasteiger charge is 2.23. The molecule has 2 aromatic rings. The first-order chi connectivity index (χ1) is 12.1. The van der Waals surface area contributed by atoms with Crippen LogP contribution in [0.2, 0.25) is 0 Å². The van der Waals surface area contributed by atoms with Crippen LogP contribution < -0.4 is 16.2 Å². The minimum atomic E-state index is -0.722. The number of hydrogen-bond donors (Lipinski definition) is 2.